The van der Waals surface area contributed by atoms with E-state index in [1.165, 1.54) is 48.8 Å². The highest BCUT2D eigenvalue weighted by Crippen LogP contribution is 2.52. The molecule has 1 atom stereocenters. The molecule has 0 radical (unpaired) electrons. The summed E-state index contributed by atoms with van der Waals surface area (Å²) in [5, 5.41) is 11.3. The number of nitrogens with zero attached hydrogens (tertiary/aromatic N) is 2. The van der Waals surface area contributed by atoms with Crippen LogP contribution in [-0.2, 0) is 28.6 Å². The smallest absolute Gasteiger partial charge is 0.256 e. The molecule has 2 saturated carbocycles. The van der Waals surface area contributed by atoms with Gasteiger partial charge in [-0.3, -0.25) is 9.59 Å². The number of hydrogen-bond donors (Lipinski definition) is 2. The van der Waals surface area contributed by atoms with Crippen molar-refractivity contribution in [1.29, 1.82) is 0 Å². The molecule has 4 aromatic rings. The molecule has 0 saturated heterocycles. The van der Waals surface area contributed by atoms with Gasteiger partial charge in [-0.2, -0.15) is 0 Å². The Kier molecular flexibility index (Phi) is 8.42. The summed E-state index contributed by atoms with van der Waals surface area (Å²) in [5.74, 6) is 0.994. The zero-order chi connectivity index (χ0) is 32.8. The molecule has 0 bridgehead atoms. The van der Waals surface area contributed by atoms with Gasteiger partial charge in [-0.25, -0.2) is 4.98 Å². The Morgan fingerprint density at radius 1 is 0.936 bits per heavy atom. The first-order chi connectivity index (χ1) is 22.6. The number of aromatic nitrogens is 2. The average Bonchev–Trinajstić information content (AvgIpc) is 3.93. The molecule has 2 fully saturated rings. The van der Waals surface area contributed by atoms with Gasteiger partial charge in [0.25, 0.3) is 11.5 Å². The third-order valence-corrected chi connectivity index (χ3v) is 10.8. The molecule has 0 spiro atoms. The lowest BCUT2D eigenvalue weighted by molar-refractivity contribution is -0.141. The molecule has 2 aliphatic carbocycles. The zero-order valence-electron chi connectivity index (χ0n) is 28.0. The maximum atomic E-state index is 13.7. The fourth-order valence-electron chi connectivity index (χ4n) is 7.72. The largest absolute Gasteiger partial charge is 0.378 e. The Labute approximate surface area is 278 Å². The second kappa shape index (κ2) is 12.5. The van der Waals surface area contributed by atoms with Gasteiger partial charge in [-0.05, 0) is 89.3 Å². The van der Waals surface area contributed by atoms with Crippen LogP contribution in [0.1, 0.15) is 123 Å². The molecule has 7 rings (SSSR count). The number of rotatable bonds is 6. The van der Waals surface area contributed by atoms with E-state index in [-0.39, 0.29) is 28.8 Å². The van der Waals surface area contributed by atoms with Gasteiger partial charge in [0.15, 0.2) is 6.10 Å². The summed E-state index contributed by atoms with van der Waals surface area (Å²) in [4.78, 5) is 37.3. The van der Waals surface area contributed by atoms with E-state index in [9.17, 15) is 14.7 Å². The molecule has 6 heteroatoms. The first kappa shape index (κ1) is 31.6. The minimum absolute atomic E-state index is 0.0124. The van der Waals surface area contributed by atoms with E-state index in [1.54, 1.807) is 11.0 Å². The van der Waals surface area contributed by atoms with Crippen LogP contribution in [-0.4, -0.2) is 32.4 Å². The van der Waals surface area contributed by atoms with E-state index in [4.69, 9.17) is 4.98 Å². The van der Waals surface area contributed by atoms with Crippen LogP contribution in [0.3, 0.4) is 0 Å². The molecule has 6 nitrogen and oxygen atoms in total. The molecule has 2 N–H and O–H groups in total. The lowest BCUT2D eigenvalue weighted by Gasteiger charge is -2.25. The average molecular weight is 630 g/mol. The number of aliphatic hydroxyl groups excluding tert-OH is 1. The van der Waals surface area contributed by atoms with Gasteiger partial charge in [-0.15, -0.1) is 0 Å². The second-order valence-electron chi connectivity index (χ2n) is 15.1. The fourth-order valence-corrected chi connectivity index (χ4v) is 7.72. The first-order valence-electron chi connectivity index (χ1n) is 17.5. The van der Waals surface area contributed by atoms with E-state index >= 15 is 0 Å². The number of carbonyl (C=O) groups is 1. The van der Waals surface area contributed by atoms with Crippen LogP contribution in [0.2, 0.25) is 0 Å². The van der Waals surface area contributed by atoms with Gasteiger partial charge >= 0.3 is 0 Å². The van der Waals surface area contributed by atoms with Crippen molar-refractivity contribution in [2.45, 2.75) is 108 Å². The molecule has 1 aliphatic heterocycles. The van der Waals surface area contributed by atoms with E-state index < -0.39 is 6.10 Å². The molecular weight excluding hydrogens is 582 g/mol. The Bertz CT molecular complexity index is 1840. The quantitative estimate of drug-likeness (QED) is 0.227. The molecule has 244 valence electrons. The number of H-pyrrole nitrogens is 1. The van der Waals surface area contributed by atoms with E-state index in [0.717, 1.165) is 35.5 Å². The number of aliphatic hydroxyl groups is 1. The summed E-state index contributed by atoms with van der Waals surface area (Å²) in [6, 6.07) is 25.0. The summed E-state index contributed by atoms with van der Waals surface area (Å²) < 4.78 is 0. The number of hydrogen-bond acceptors (Lipinski definition) is 4. The predicted molar refractivity (Wildman–Crippen MR) is 186 cm³/mol. The lowest BCUT2D eigenvalue weighted by atomic mass is 9.82. The first-order valence-corrected chi connectivity index (χ1v) is 17.5. The van der Waals surface area contributed by atoms with Crippen molar-refractivity contribution in [3.8, 4) is 11.1 Å². The molecule has 3 aliphatic rings. The Hall–Kier alpha value is -4.03. The van der Waals surface area contributed by atoms with Crippen LogP contribution in [0.5, 0.6) is 0 Å². The number of aryl methyl sites for hydroxylation is 1. The van der Waals surface area contributed by atoms with Gasteiger partial charge < -0.3 is 15.0 Å². The molecule has 2 heterocycles. The number of aromatic amines is 1. The summed E-state index contributed by atoms with van der Waals surface area (Å²) in [6.45, 7) is 7.17. The van der Waals surface area contributed by atoms with E-state index in [0.29, 0.717) is 36.4 Å². The Balaban J connectivity index is 1.11. The van der Waals surface area contributed by atoms with Crippen molar-refractivity contribution < 1.29 is 9.90 Å². The van der Waals surface area contributed by atoms with Gasteiger partial charge in [0, 0.05) is 6.54 Å². The van der Waals surface area contributed by atoms with Gasteiger partial charge in [0.1, 0.15) is 5.82 Å². The fraction of sp³-hybridized carbons (Fsp3) is 0.439. The van der Waals surface area contributed by atoms with Gasteiger partial charge in [0.05, 0.1) is 23.2 Å². The van der Waals surface area contributed by atoms with Crippen LogP contribution in [0.15, 0.2) is 77.6 Å². The van der Waals surface area contributed by atoms with Crippen LogP contribution in [0, 0.1) is 0 Å². The summed E-state index contributed by atoms with van der Waals surface area (Å²) in [7, 11) is 0. The standard InChI is InChI=1S/C41H47N3O3/c1-40(2,3)32-17-8-15-30(24-32)28-13-7-16-31(23-28)36(45)38(47)44-22-10-19-35-34(26-44)37(46)43-39(42-35)41(20-21-41)33-18-9-14-29(25-33)27-11-5-4-6-12-27/h7-9,13-18,23-25,27,36,45H,4-6,10-12,19-22,26H2,1-3H3,(H,42,43,46). The third kappa shape index (κ3) is 6.32. The monoisotopic (exact) mass is 629 g/mol. The second-order valence-corrected chi connectivity index (χ2v) is 15.1. The predicted octanol–water partition coefficient (Wildman–Crippen LogP) is 7.87. The Morgan fingerprint density at radius 2 is 1.66 bits per heavy atom. The van der Waals surface area contributed by atoms with Crippen molar-refractivity contribution in [2.75, 3.05) is 6.54 Å². The summed E-state index contributed by atoms with van der Waals surface area (Å²) in [5.41, 5.74) is 7.36. The minimum atomic E-state index is -1.32. The highest BCUT2D eigenvalue weighted by molar-refractivity contribution is 5.83. The van der Waals surface area contributed by atoms with Crippen molar-refractivity contribution in [3.05, 3.63) is 122 Å². The van der Waals surface area contributed by atoms with E-state index in [2.05, 4.69) is 74.3 Å². The van der Waals surface area contributed by atoms with Crippen molar-refractivity contribution in [2.24, 2.45) is 0 Å². The molecule has 1 amide bonds. The van der Waals surface area contributed by atoms with Crippen molar-refractivity contribution in [1.82, 2.24) is 14.9 Å². The van der Waals surface area contributed by atoms with Crippen LogP contribution < -0.4 is 5.56 Å². The third-order valence-electron chi connectivity index (χ3n) is 10.8. The molecular formula is C41H47N3O3. The number of carbonyl (C=O) groups excluding carboxylic acids is 1. The maximum absolute atomic E-state index is 13.7. The number of amides is 1. The zero-order valence-corrected chi connectivity index (χ0v) is 28.0. The van der Waals surface area contributed by atoms with Crippen molar-refractivity contribution >= 4 is 5.91 Å². The molecule has 3 aromatic carbocycles. The van der Waals surface area contributed by atoms with Crippen molar-refractivity contribution in [3.63, 3.8) is 0 Å². The highest BCUT2D eigenvalue weighted by Gasteiger charge is 2.49. The molecule has 47 heavy (non-hydrogen) atoms. The lowest BCUT2D eigenvalue weighted by Crippen LogP contribution is -2.36. The van der Waals surface area contributed by atoms with Gasteiger partial charge in [0.2, 0.25) is 0 Å². The number of benzene rings is 3. The molecule has 1 unspecified atom stereocenters. The number of nitrogens with one attached hydrogen (secondary N) is 1. The van der Waals surface area contributed by atoms with Crippen LogP contribution in [0.4, 0.5) is 0 Å². The number of fused-ring (bicyclic) bond motifs is 1. The highest BCUT2D eigenvalue weighted by atomic mass is 16.3. The summed E-state index contributed by atoms with van der Waals surface area (Å²) >= 11 is 0. The minimum Gasteiger partial charge on any atom is -0.378 e. The van der Waals surface area contributed by atoms with Crippen LogP contribution in [0.25, 0.3) is 11.1 Å². The normalized spacial score (nSPS) is 18.7. The Morgan fingerprint density at radius 3 is 2.40 bits per heavy atom. The topological polar surface area (TPSA) is 86.3 Å². The molecule has 1 aromatic heterocycles. The van der Waals surface area contributed by atoms with Gasteiger partial charge in [-0.1, -0.05) is 107 Å². The van der Waals surface area contributed by atoms with Crippen LogP contribution >= 0.6 is 0 Å². The SMILES string of the molecule is CC(C)(C)c1cccc(-c2cccc(C(O)C(=O)N3CCCc4nc(C5(c6cccc(C7CCCCC7)c6)CC5)[nH]c(=O)c4C3)c2)c1. The summed E-state index contributed by atoms with van der Waals surface area (Å²) in [6.07, 6.45) is 8.38. The maximum Gasteiger partial charge on any atom is 0.256 e. The van der Waals surface area contributed by atoms with E-state index in [1.807, 2.05) is 18.2 Å².